The number of rotatable bonds is 2. The lowest BCUT2D eigenvalue weighted by Gasteiger charge is -2.28. The van der Waals surface area contributed by atoms with Crippen molar-refractivity contribution in [2.75, 3.05) is 37.8 Å². The molecule has 0 aliphatic carbocycles. The summed E-state index contributed by atoms with van der Waals surface area (Å²) in [6, 6.07) is 14.2. The SMILES string of the molecule is OCC#Cc1nc(-c2ccc(N3CCOCC3)cc2)cc2ncccc12. The second-order valence-electron chi connectivity index (χ2n) is 6.03. The van der Waals surface area contributed by atoms with Crippen LogP contribution in [0.2, 0.25) is 0 Å². The molecular formula is C21H19N3O2. The molecule has 0 bridgehead atoms. The molecule has 0 spiro atoms. The maximum atomic E-state index is 9.01. The number of aliphatic hydroxyl groups excluding tert-OH is 1. The van der Waals surface area contributed by atoms with Crippen LogP contribution in [0, 0.1) is 11.8 Å². The fraction of sp³-hybridized carbons (Fsp3) is 0.238. The molecule has 1 aliphatic heterocycles. The third-order valence-electron chi connectivity index (χ3n) is 4.42. The van der Waals surface area contributed by atoms with Crippen LogP contribution in [0.25, 0.3) is 22.2 Å². The molecule has 26 heavy (non-hydrogen) atoms. The van der Waals surface area contributed by atoms with Gasteiger partial charge in [0.1, 0.15) is 12.3 Å². The molecular weight excluding hydrogens is 326 g/mol. The lowest BCUT2D eigenvalue weighted by atomic mass is 10.1. The third kappa shape index (κ3) is 3.38. The molecule has 130 valence electrons. The molecule has 1 fully saturated rings. The van der Waals surface area contributed by atoms with Gasteiger partial charge in [0.2, 0.25) is 0 Å². The van der Waals surface area contributed by atoms with E-state index in [1.165, 1.54) is 5.69 Å². The first-order chi connectivity index (χ1) is 12.8. The van der Waals surface area contributed by atoms with Gasteiger partial charge in [-0.05, 0) is 36.3 Å². The minimum absolute atomic E-state index is 0.193. The molecule has 2 aromatic heterocycles. The van der Waals surface area contributed by atoms with Crippen LogP contribution in [-0.2, 0) is 4.74 Å². The summed E-state index contributed by atoms with van der Waals surface area (Å²) in [5, 5.41) is 9.90. The number of anilines is 1. The normalized spacial score (nSPS) is 14.1. The Kier molecular flexibility index (Phi) is 4.78. The van der Waals surface area contributed by atoms with E-state index in [1.54, 1.807) is 6.20 Å². The highest BCUT2D eigenvalue weighted by Crippen LogP contribution is 2.26. The fourth-order valence-electron chi connectivity index (χ4n) is 3.11. The van der Waals surface area contributed by atoms with E-state index in [4.69, 9.17) is 14.8 Å². The molecule has 0 amide bonds. The first kappa shape index (κ1) is 16.5. The molecule has 4 rings (SSSR count). The Bertz CT molecular complexity index is 968. The summed E-state index contributed by atoms with van der Waals surface area (Å²) in [7, 11) is 0. The van der Waals surface area contributed by atoms with Crippen molar-refractivity contribution >= 4 is 16.6 Å². The number of nitrogens with zero attached hydrogens (tertiary/aromatic N) is 3. The van der Waals surface area contributed by atoms with E-state index in [0.29, 0.717) is 5.69 Å². The third-order valence-corrected chi connectivity index (χ3v) is 4.42. The minimum Gasteiger partial charge on any atom is -0.384 e. The molecule has 0 radical (unpaired) electrons. The largest absolute Gasteiger partial charge is 0.384 e. The highest BCUT2D eigenvalue weighted by molar-refractivity contribution is 5.87. The number of ether oxygens (including phenoxy) is 1. The van der Waals surface area contributed by atoms with Crippen LogP contribution < -0.4 is 4.90 Å². The first-order valence-corrected chi connectivity index (χ1v) is 8.64. The van der Waals surface area contributed by atoms with Crippen molar-refractivity contribution in [2.24, 2.45) is 0 Å². The predicted octanol–water partition coefficient (Wildman–Crippen LogP) is 2.48. The zero-order chi connectivity index (χ0) is 17.8. The van der Waals surface area contributed by atoms with Crippen molar-refractivity contribution in [3.05, 3.63) is 54.4 Å². The Morgan fingerprint density at radius 1 is 1.12 bits per heavy atom. The zero-order valence-electron chi connectivity index (χ0n) is 14.4. The number of benzene rings is 1. The monoisotopic (exact) mass is 345 g/mol. The van der Waals surface area contributed by atoms with Crippen LogP contribution in [-0.4, -0.2) is 48.0 Å². The standard InChI is InChI=1S/C21H19N3O2/c25-12-2-4-19-18-3-1-9-22-21(18)15-20(23-19)16-5-7-17(8-6-16)24-10-13-26-14-11-24/h1,3,5-9,15,25H,10-14H2. The van der Waals surface area contributed by atoms with Gasteiger partial charge in [-0.1, -0.05) is 18.1 Å². The number of aliphatic hydroxyl groups is 1. The summed E-state index contributed by atoms with van der Waals surface area (Å²) >= 11 is 0. The summed E-state index contributed by atoms with van der Waals surface area (Å²) in [6.07, 6.45) is 1.76. The van der Waals surface area contributed by atoms with Crippen molar-refractivity contribution in [3.63, 3.8) is 0 Å². The van der Waals surface area contributed by atoms with Gasteiger partial charge < -0.3 is 14.7 Å². The molecule has 0 atom stereocenters. The van der Waals surface area contributed by atoms with Crippen molar-refractivity contribution in [1.29, 1.82) is 0 Å². The van der Waals surface area contributed by atoms with Crippen LogP contribution >= 0.6 is 0 Å². The highest BCUT2D eigenvalue weighted by Gasteiger charge is 2.12. The van der Waals surface area contributed by atoms with Crippen LogP contribution in [0.15, 0.2) is 48.7 Å². The van der Waals surface area contributed by atoms with Gasteiger partial charge >= 0.3 is 0 Å². The molecule has 0 saturated carbocycles. The molecule has 5 heteroatoms. The van der Waals surface area contributed by atoms with E-state index in [9.17, 15) is 0 Å². The molecule has 5 nitrogen and oxygen atoms in total. The fourth-order valence-corrected chi connectivity index (χ4v) is 3.11. The molecule has 3 heterocycles. The Hall–Kier alpha value is -2.94. The van der Waals surface area contributed by atoms with Gasteiger partial charge in [-0.2, -0.15) is 0 Å². The first-order valence-electron chi connectivity index (χ1n) is 8.64. The zero-order valence-corrected chi connectivity index (χ0v) is 14.4. The van der Waals surface area contributed by atoms with E-state index in [1.807, 2.05) is 18.2 Å². The average Bonchev–Trinajstić information content (AvgIpc) is 2.72. The second kappa shape index (κ2) is 7.52. The summed E-state index contributed by atoms with van der Waals surface area (Å²) in [5.74, 6) is 5.62. The van der Waals surface area contributed by atoms with Crippen LogP contribution in [0.5, 0.6) is 0 Å². The Morgan fingerprint density at radius 3 is 2.69 bits per heavy atom. The van der Waals surface area contributed by atoms with Crippen molar-refractivity contribution < 1.29 is 9.84 Å². The van der Waals surface area contributed by atoms with Gasteiger partial charge in [0.05, 0.1) is 24.4 Å². The van der Waals surface area contributed by atoms with Gasteiger partial charge in [-0.15, -0.1) is 0 Å². The van der Waals surface area contributed by atoms with Gasteiger partial charge in [-0.25, -0.2) is 4.98 Å². The van der Waals surface area contributed by atoms with Gasteiger partial charge in [0.25, 0.3) is 0 Å². The summed E-state index contributed by atoms with van der Waals surface area (Å²) in [5.41, 5.74) is 4.51. The predicted molar refractivity (Wildman–Crippen MR) is 102 cm³/mol. The number of aromatic nitrogens is 2. The summed E-state index contributed by atoms with van der Waals surface area (Å²) in [4.78, 5) is 11.4. The van der Waals surface area contributed by atoms with Crippen LogP contribution in [0.3, 0.4) is 0 Å². The lowest BCUT2D eigenvalue weighted by molar-refractivity contribution is 0.122. The Balaban J connectivity index is 1.71. The van der Waals surface area contributed by atoms with Gasteiger partial charge in [-0.3, -0.25) is 4.98 Å². The summed E-state index contributed by atoms with van der Waals surface area (Å²) < 4.78 is 5.41. The number of fused-ring (bicyclic) bond motifs is 1. The van der Waals surface area contributed by atoms with Crippen molar-refractivity contribution in [1.82, 2.24) is 9.97 Å². The van der Waals surface area contributed by atoms with Crippen LogP contribution in [0.1, 0.15) is 5.69 Å². The van der Waals surface area contributed by atoms with Gasteiger partial charge in [0, 0.05) is 35.9 Å². The van der Waals surface area contributed by atoms with E-state index in [-0.39, 0.29) is 6.61 Å². The molecule has 0 unspecified atom stereocenters. The van der Waals surface area contributed by atoms with E-state index in [0.717, 1.165) is 48.5 Å². The van der Waals surface area contributed by atoms with E-state index in [2.05, 4.69) is 46.0 Å². The molecule has 1 aromatic carbocycles. The maximum Gasteiger partial charge on any atom is 0.123 e. The number of pyridine rings is 2. The van der Waals surface area contributed by atoms with E-state index < -0.39 is 0 Å². The topological polar surface area (TPSA) is 58.5 Å². The van der Waals surface area contributed by atoms with Crippen molar-refractivity contribution in [2.45, 2.75) is 0 Å². The number of hydrogen-bond donors (Lipinski definition) is 1. The molecule has 3 aromatic rings. The maximum absolute atomic E-state index is 9.01. The Labute approximate surface area is 152 Å². The van der Waals surface area contributed by atoms with Crippen molar-refractivity contribution in [3.8, 4) is 23.1 Å². The number of morpholine rings is 1. The molecule has 1 saturated heterocycles. The average molecular weight is 345 g/mol. The Morgan fingerprint density at radius 2 is 1.92 bits per heavy atom. The minimum atomic E-state index is -0.193. The molecule has 1 aliphatic rings. The molecule has 1 N–H and O–H groups in total. The number of hydrogen-bond acceptors (Lipinski definition) is 5. The highest BCUT2D eigenvalue weighted by atomic mass is 16.5. The summed E-state index contributed by atoms with van der Waals surface area (Å²) in [6.45, 7) is 3.18. The lowest BCUT2D eigenvalue weighted by Crippen LogP contribution is -2.36. The van der Waals surface area contributed by atoms with E-state index >= 15 is 0 Å². The van der Waals surface area contributed by atoms with Crippen LogP contribution in [0.4, 0.5) is 5.69 Å². The second-order valence-corrected chi connectivity index (χ2v) is 6.03. The van der Waals surface area contributed by atoms with Gasteiger partial charge in [0.15, 0.2) is 0 Å². The quantitative estimate of drug-likeness (QED) is 0.723. The smallest absolute Gasteiger partial charge is 0.123 e.